The van der Waals surface area contributed by atoms with Crippen molar-refractivity contribution in [2.45, 2.75) is 45.6 Å². The van der Waals surface area contributed by atoms with Gasteiger partial charge in [0.15, 0.2) is 0 Å². The second-order valence-electron chi connectivity index (χ2n) is 3.26. The van der Waals surface area contributed by atoms with E-state index in [0.29, 0.717) is 18.8 Å². The molecule has 1 N–H and O–H groups in total. The zero-order valence-electron chi connectivity index (χ0n) is 8.75. The van der Waals surface area contributed by atoms with Crippen molar-refractivity contribution >= 4 is 5.97 Å². The van der Waals surface area contributed by atoms with Crippen LogP contribution in [0.1, 0.15) is 39.5 Å². The summed E-state index contributed by atoms with van der Waals surface area (Å²) in [5.41, 5.74) is 0. The Morgan fingerprint density at radius 1 is 1.38 bits per heavy atom. The number of esters is 1. The molecule has 3 heteroatoms. The number of hydrogen-bond acceptors (Lipinski definition) is 3. The molecule has 0 aliphatic rings. The molecule has 3 nitrogen and oxygen atoms in total. The lowest BCUT2D eigenvalue weighted by atomic mass is 9.93. The first-order chi connectivity index (χ1) is 6.15. The average Bonchev–Trinajstić information content (AvgIpc) is 2.16. The van der Waals surface area contributed by atoms with Crippen molar-refractivity contribution in [1.82, 2.24) is 0 Å². The Kier molecular flexibility index (Phi) is 6.59. The average molecular weight is 188 g/mol. The minimum Gasteiger partial charge on any atom is -0.469 e. The molecule has 0 saturated carbocycles. The van der Waals surface area contributed by atoms with Crippen LogP contribution in [0.3, 0.4) is 0 Å². The highest BCUT2D eigenvalue weighted by Gasteiger charge is 2.16. The number of methoxy groups -OCH3 is 1. The molecule has 0 rings (SSSR count). The monoisotopic (exact) mass is 188 g/mol. The number of hydrogen-bond donors (Lipinski definition) is 1. The van der Waals surface area contributed by atoms with Crippen molar-refractivity contribution in [3.05, 3.63) is 0 Å². The minimum atomic E-state index is -0.367. The largest absolute Gasteiger partial charge is 0.469 e. The van der Waals surface area contributed by atoms with Crippen molar-refractivity contribution in [2.75, 3.05) is 7.11 Å². The predicted molar refractivity (Wildman–Crippen MR) is 51.3 cm³/mol. The summed E-state index contributed by atoms with van der Waals surface area (Å²) in [4.78, 5) is 10.8. The maximum atomic E-state index is 10.8. The van der Waals surface area contributed by atoms with Crippen molar-refractivity contribution in [3.8, 4) is 0 Å². The SMILES string of the molecule is CCC(CC)C(O)CCC(=O)OC. The van der Waals surface area contributed by atoms with E-state index in [-0.39, 0.29) is 12.1 Å². The van der Waals surface area contributed by atoms with E-state index in [4.69, 9.17) is 0 Å². The number of rotatable bonds is 6. The van der Waals surface area contributed by atoms with Crippen molar-refractivity contribution in [1.29, 1.82) is 0 Å². The normalized spacial score (nSPS) is 13.0. The first kappa shape index (κ1) is 12.4. The van der Waals surface area contributed by atoms with Crippen LogP contribution < -0.4 is 0 Å². The summed E-state index contributed by atoms with van der Waals surface area (Å²) in [6.07, 6.45) is 2.37. The molecule has 0 amide bonds. The Bertz CT molecular complexity index is 141. The van der Waals surface area contributed by atoms with Crippen LogP contribution in [-0.2, 0) is 9.53 Å². The summed E-state index contributed by atoms with van der Waals surface area (Å²) in [7, 11) is 1.37. The molecule has 0 fully saturated rings. The van der Waals surface area contributed by atoms with E-state index in [0.717, 1.165) is 12.8 Å². The Labute approximate surface area is 80.1 Å². The standard InChI is InChI=1S/C10H20O3/c1-4-8(5-2)9(11)6-7-10(12)13-3/h8-9,11H,4-7H2,1-3H3. The van der Waals surface area contributed by atoms with Gasteiger partial charge in [-0.05, 0) is 12.3 Å². The molecule has 0 aliphatic carbocycles. The van der Waals surface area contributed by atoms with Crippen LogP contribution in [-0.4, -0.2) is 24.3 Å². The molecule has 0 spiro atoms. The Balaban J connectivity index is 3.71. The second kappa shape index (κ2) is 6.89. The molecule has 0 radical (unpaired) electrons. The summed E-state index contributed by atoms with van der Waals surface area (Å²) in [5.74, 6) is 0.0645. The van der Waals surface area contributed by atoms with Gasteiger partial charge in [-0.15, -0.1) is 0 Å². The summed E-state index contributed by atoms with van der Waals surface area (Å²) in [6, 6.07) is 0. The molecule has 0 saturated heterocycles. The fourth-order valence-electron chi connectivity index (χ4n) is 1.44. The van der Waals surface area contributed by atoms with Crippen LogP contribution >= 0.6 is 0 Å². The van der Waals surface area contributed by atoms with Gasteiger partial charge in [-0.1, -0.05) is 26.7 Å². The highest BCUT2D eigenvalue weighted by Crippen LogP contribution is 2.16. The summed E-state index contributed by atoms with van der Waals surface area (Å²) in [5, 5.41) is 9.65. The minimum absolute atomic E-state index is 0.245. The van der Waals surface area contributed by atoms with Gasteiger partial charge >= 0.3 is 5.97 Å². The van der Waals surface area contributed by atoms with E-state index < -0.39 is 0 Å². The van der Waals surface area contributed by atoms with E-state index in [9.17, 15) is 9.90 Å². The second-order valence-corrected chi connectivity index (χ2v) is 3.26. The fourth-order valence-corrected chi connectivity index (χ4v) is 1.44. The van der Waals surface area contributed by atoms with Gasteiger partial charge in [0.05, 0.1) is 13.2 Å². The van der Waals surface area contributed by atoms with E-state index in [1.165, 1.54) is 7.11 Å². The molecule has 0 heterocycles. The first-order valence-electron chi connectivity index (χ1n) is 4.90. The van der Waals surface area contributed by atoms with Gasteiger partial charge in [0.2, 0.25) is 0 Å². The topological polar surface area (TPSA) is 46.5 Å². The lowest BCUT2D eigenvalue weighted by Gasteiger charge is -2.19. The number of ether oxygens (including phenoxy) is 1. The number of aliphatic hydroxyl groups excluding tert-OH is 1. The van der Waals surface area contributed by atoms with Crippen molar-refractivity contribution in [2.24, 2.45) is 5.92 Å². The zero-order chi connectivity index (χ0) is 10.3. The van der Waals surface area contributed by atoms with Gasteiger partial charge in [-0.3, -0.25) is 4.79 Å². The Morgan fingerprint density at radius 3 is 2.31 bits per heavy atom. The molecule has 0 aromatic rings. The summed E-state index contributed by atoms with van der Waals surface area (Å²) in [6.45, 7) is 4.10. The predicted octanol–water partition coefficient (Wildman–Crippen LogP) is 1.74. The number of aliphatic hydroxyl groups is 1. The van der Waals surface area contributed by atoms with E-state index in [1.54, 1.807) is 0 Å². The van der Waals surface area contributed by atoms with E-state index >= 15 is 0 Å². The Morgan fingerprint density at radius 2 is 1.92 bits per heavy atom. The molecular weight excluding hydrogens is 168 g/mol. The summed E-state index contributed by atoms with van der Waals surface area (Å²) >= 11 is 0. The third-order valence-electron chi connectivity index (χ3n) is 2.46. The number of carbonyl (C=O) groups is 1. The van der Waals surface area contributed by atoms with Crippen LogP contribution in [0, 0.1) is 5.92 Å². The van der Waals surface area contributed by atoms with Crippen LogP contribution in [0.25, 0.3) is 0 Å². The van der Waals surface area contributed by atoms with Gasteiger partial charge in [0, 0.05) is 6.42 Å². The van der Waals surface area contributed by atoms with Crippen LogP contribution in [0.2, 0.25) is 0 Å². The molecular formula is C10H20O3. The highest BCUT2D eigenvalue weighted by atomic mass is 16.5. The molecule has 0 aromatic heterocycles. The molecule has 0 aliphatic heterocycles. The van der Waals surface area contributed by atoms with E-state index in [1.807, 2.05) is 0 Å². The molecule has 1 atom stereocenters. The van der Waals surface area contributed by atoms with Crippen LogP contribution in [0.15, 0.2) is 0 Å². The van der Waals surface area contributed by atoms with E-state index in [2.05, 4.69) is 18.6 Å². The zero-order valence-corrected chi connectivity index (χ0v) is 8.75. The van der Waals surface area contributed by atoms with Crippen LogP contribution in [0.4, 0.5) is 0 Å². The highest BCUT2D eigenvalue weighted by molar-refractivity contribution is 5.69. The molecule has 78 valence electrons. The van der Waals surface area contributed by atoms with Crippen molar-refractivity contribution < 1.29 is 14.6 Å². The lowest BCUT2D eigenvalue weighted by molar-refractivity contribution is -0.141. The smallest absolute Gasteiger partial charge is 0.305 e. The maximum absolute atomic E-state index is 10.8. The quantitative estimate of drug-likeness (QED) is 0.646. The third-order valence-corrected chi connectivity index (χ3v) is 2.46. The third kappa shape index (κ3) is 4.88. The van der Waals surface area contributed by atoms with Gasteiger partial charge in [0.1, 0.15) is 0 Å². The molecule has 13 heavy (non-hydrogen) atoms. The maximum Gasteiger partial charge on any atom is 0.305 e. The summed E-state index contributed by atoms with van der Waals surface area (Å²) < 4.78 is 4.50. The van der Waals surface area contributed by atoms with Gasteiger partial charge < -0.3 is 9.84 Å². The van der Waals surface area contributed by atoms with Crippen LogP contribution in [0.5, 0.6) is 0 Å². The molecule has 1 unspecified atom stereocenters. The number of carbonyl (C=O) groups excluding carboxylic acids is 1. The first-order valence-corrected chi connectivity index (χ1v) is 4.90. The van der Waals surface area contributed by atoms with Gasteiger partial charge in [-0.2, -0.15) is 0 Å². The molecule has 0 aromatic carbocycles. The van der Waals surface area contributed by atoms with Gasteiger partial charge in [-0.25, -0.2) is 0 Å². The lowest BCUT2D eigenvalue weighted by Crippen LogP contribution is -2.20. The van der Waals surface area contributed by atoms with Crippen molar-refractivity contribution in [3.63, 3.8) is 0 Å². The Hall–Kier alpha value is -0.570. The fraction of sp³-hybridized carbons (Fsp3) is 0.900. The molecule has 0 bridgehead atoms. The van der Waals surface area contributed by atoms with Gasteiger partial charge in [0.25, 0.3) is 0 Å².